The Morgan fingerprint density at radius 1 is 0.921 bits per heavy atom. The molecule has 38 heavy (non-hydrogen) atoms. The molecule has 4 rings (SSSR count). The van der Waals surface area contributed by atoms with E-state index in [0.717, 1.165) is 38.5 Å². The van der Waals surface area contributed by atoms with Crippen LogP contribution in [0.15, 0.2) is 83.1 Å². The fourth-order valence-electron chi connectivity index (χ4n) is 3.87. The first-order valence-corrected chi connectivity index (χ1v) is 14.2. The number of hydrogen-bond acceptors (Lipinski definition) is 6. The summed E-state index contributed by atoms with van der Waals surface area (Å²) in [5.41, 5.74) is 4.33. The highest BCUT2D eigenvalue weighted by atomic mass is 32.2. The lowest BCUT2D eigenvalue weighted by atomic mass is 10.1. The molecule has 3 aromatic carbocycles. The molecular formula is C28H29N3O5S2. The van der Waals surface area contributed by atoms with Gasteiger partial charge in [0, 0.05) is 29.2 Å². The van der Waals surface area contributed by atoms with Gasteiger partial charge in [-0.05, 0) is 79.1 Å². The number of anilines is 1. The van der Waals surface area contributed by atoms with Crippen molar-refractivity contribution in [1.29, 1.82) is 0 Å². The third kappa shape index (κ3) is 7.34. The van der Waals surface area contributed by atoms with Crippen LogP contribution >= 0.6 is 11.3 Å². The van der Waals surface area contributed by atoms with E-state index in [-0.39, 0.29) is 29.7 Å². The molecule has 2 amide bonds. The second-order valence-electron chi connectivity index (χ2n) is 8.73. The van der Waals surface area contributed by atoms with Crippen LogP contribution in [0.4, 0.5) is 10.5 Å². The van der Waals surface area contributed by atoms with Crippen molar-refractivity contribution in [3.05, 3.63) is 95.6 Å². The van der Waals surface area contributed by atoms with Crippen LogP contribution in [0.3, 0.4) is 0 Å². The number of aromatic hydroxyl groups is 1. The lowest BCUT2D eigenvalue weighted by molar-refractivity contribution is 0.252. The molecule has 0 saturated carbocycles. The minimum atomic E-state index is -3.76. The van der Waals surface area contributed by atoms with Crippen molar-refractivity contribution in [3.63, 3.8) is 0 Å². The zero-order valence-electron chi connectivity index (χ0n) is 21.0. The summed E-state index contributed by atoms with van der Waals surface area (Å²) in [5, 5.41) is 15.1. The number of urea groups is 1. The summed E-state index contributed by atoms with van der Waals surface area (Å²) >= 11 is 1.13. The molecule has 4 aromatic rings. The molecular weight excluding hydrogens is 522 g/mol. The van der Waals surface area contributed by atoms with Gasteiger partial charge in [0.15, 0.2) is 0 Å². The highest BCUT2D eigenvalue weighted by molar-refractivity contribution is 7.91. The van der Waals surface area contributed by atoms with Crippen LogP contribution in [0.2, 0.25) is 0 Å². The summed E-state index contributed by atoms with van der Waals surface area (Å²) in [5.74, 6) is 0.769. The topological polar surface area (TPSA) is 117 Å². The van der Waals surface area contributed by atoms with Gasteiger partial charge in [0.2, 0.25) is 10.0 Å². The number of carbonyl (C=O) groups is 1. The summed E-state index contributed by atoms with van der Waals surface area (Å²) in [6.45, 7) is 4.32. The molecule has 198 valence electrons. The van der Waals surface area contributed by atoms with E-state index < -0.39 is 16.1 Å². The average Bonchev–Trinajstić information content (AvgIpc) is 3.36. The molecule has 10 heteroatoms. The fraction of sp³-hybridized carbons (Fsp3) is 0.179. The van der Waals surface area contributed by atoms with Gasteiger partial charge in [-0.3, -0.25) is 0 Å². The largest absolute Gasteiger partial charge is 0.508 e. The van der Waals surface area contributed by atoms with E-state index in [1.54, 1.807) is 30.3 Å². The Bertz CT molecular complexity index is 1510. The highest BCUT2D eigenvalue weighted by Crippen LogP contribution is 2.36. The molecule has 8 nitrogen and oxygen atoms in total. The number of carbonyl (C=O) groups excluding carboxylic acids is 1. The van der Waals surface area contributed by atoms with Gasteiger partial charge in [0.25, 0.3) is 0 Å². The van der Waals surface area contributed by atoms with Gasteiger partial charge >= 0.3 is 6.03 Å². The number of benzene rings is 3. The van der Waals surface area contributed by atoms with Gasteiger partial charge in [0.05, 0.1) is 0 Å². The van der Waals surface area contributed by atoms with Crippen LogP contribution in [0.25, 0.3) is 10.4 Å². The minimum absolute atomic E-state index is 0.0411. The smallest absolute Gasteiger partial charge is 0.319 e. The number of nitrogens with one attached hydrogen (secondary N) is 3. The van der Waals surface area contributed by atoms with E-state index >= 15 is 0 Å². The molecule has 0 spiro atoms. The van der Waals surface area contributed by atoms with E-state index in [1.165, 1.54) is 0 Å². The summed E-state index contributed by atoms with van der Waals surface area (Å²) in [4.78, 5) is 12.9. The number of sulfonamides is 1. The predicted molar refractivity (Wildman–Crippen MR) is 150 cm³/mol. The molecule has 0 aliphatic carbocycles. The molecule has 0 aliphatic heterocycles. The second-order valence-corrected chi connectivity index (χ2v) is 11.8. The second kappa shape index (κ2) is 12.1. The molecule has 0 aliphatic rings. The third-order valence-electron chi connectivity index (χ3n) is 5.49. The van der Waals surface area contributed by atoms with Crippen molar-refractivity contribution in [2.75, 3.05) is 18.4 Å². The van der Waals surface area contributed by atoms with Crippen LogP contribution in [0.1, 0.15) is 16.7 Å². The van der Waals surface area contributed by atoms with Crippen LogP contribution in [-0.2, 0) is 16.6 Å². The molecule has 0 bridgehead atoms. The first-order valence-electron chi connectivity index (χ1n) is 11.9. The quantitative estimate of drug-likeness (QED) is 0.197. The molecule has 0 saturated heterocycles. The monoisotopic (exact) mass is 551 g/mol. The number of para-hydroxylation sites is 1. The maximum atomic E-state index is 12.8. The van der Waals surface area contributed by atoms with Gasteiger partial charge in [-0.1, -0.05) is 30.3 Å². The number of amides is 2. The molecule has 4 N–H and O–H groups in total. The van der Waals surface area contributed by atoms with Crippen LogP contribution in [0, 0.1) is 13.8 Å². The number of phenolic OH excluding ortho intramolecular Hbond substituents is 1. The molecule has 1 aromatic heterocycles. The zero-order valence-corrected chi connectivity index (χ0v) is 22.7. The van der Waals surface area contributed by atoms with Gasteiger partial charge in [-0.15, -0.1) is 11.3 Å². The summed E-state index contributed by atoms with van der Waals surface area (Å²) in [7, 11) is -3.76. The lowest BCUT2D eigenvalue weighted by Crippen LogP contribution is -2.36. The number of thiophene rings is 1. The number of ether oxygens (including phenoxy) is 1. The van der Waals surface area contributed by atoms with E-state index in [9.17, 15) is 18.3 Å². The van der Waals surface area contributed by atoms with Gasteiger partial charge in [0.1, 0.15) is 22.3 Å². The van der Waals surface area contributed by atoms with Gasteiger partial charge in [-0.2, -0.15) is 0 Å². The first kappa shape index (κ1) is 27.2. The van der Waals surface area contributed by atoms with Crippen LogP contribution in [0.5, 0.6) is 11.5 Å². The normalized spacial score (nSPS) is 11.2. The Hall–Kier alpha value is -3.86. The molecule has 0 atom stereocenters. The van der Waals surface area contributed by atoms with Crippen molar-refractivity contribution >= 4 is 33.1 Å². The number of hydrogen-bond donors (Lipinski definition) is 4. The highest BCUT2D eigenvalue weighted by Gasteiger charge is 2.18. The number of phenols is 1. The minimum Gasteiger partial charge on any atom is -0.508 e. The first-order chi connectivity index (χ1) is 18.2. The number of aryl methyl sites for hydroxylation is 2. The zero-order chi connectivity index (χ0) is 27.1. The van der Waals surface area contributed by atoms with E-state index in [4.69, 9.17) is 4.74 Å². The Morgan fingerprint density at radius 2 is 1.68 bits per heavy atom. The Labute approximate surface area is 226 Å². The maximum absolute atomic E-state index is 12.8. The lowest BCUT2D eigenvalue weighted by Gasteiger charge is -2.11. The van der Waals surface area contributed by atoms with E-state index in [1.807, 2.05) is 62.4 Å². The molecule has 0 fully saturated rings. The van der Waals surface area contributed by atoms with Gasteiger partial charge < -0.3 is 20.5 Å². The average molecular weight is 552 g/mol. The SMILES string of the molecule is Cc1cc(C)cc(NC(=O)NCCNS(=O)(=O)c2ccc(-c3ccccc3OCc3cccc(O)c3)s2)c1. The van der Waals surface area contributed by atoms with Crippen LogP contribution in [-0.4, -0.2) is 32.6 Å². The van der Waals surface area contributed by atoms with Crippen molar-refractivity contribution in [2.45, 2.75) is 24.7 Å². The molecule has 0 unspecified atom stereocenters. The van der Waals surface area contributed by atoms with Gasteiger partial charge in [-0.25, -0.2) is 17.9 Å². The number of rotatable bonds is 10. The Balaban J connectivity index is 1.33. The van der Waals surface area contributed by atoms with Crippen LogP contribution < -0.4 is 20.1 Å². The summed E-state index contributed by atoms with van der Waals surface area (Å²) in [6.07, 6.45) is 0. The third-order valence-corrected chi connectivity index (χ3v) is 8.56. The van der Waals surface area contributed by atoms with Crippen molar-refractivity contribution in [3.8, 4) is 21.9 Å². The standard InChI is InChI=1S/C28H29N3O5S2/c1-19-14-20(2)16-22(15-19)31-28(33)29-12-13-30-38(34,35)27-11-10-26(37-27)24-8-3-4-9-25(24)36-18-21-6-5-7-23(32)17-21/h3-11,14-17,30,32H,12-13,18H2,1-2H3,(H2,29,31,33). The Kier molecular flexibility index (Phi) is 8.67. The Morgan fingerprint density at radius 3 is 2.45 bits per heavy atom. The summed E-state index contributed by atoms with van der Waals surface area (Å²) in [6, 6.07) is 22.8. The van der Waals surface area contributed by atoms with E-state index in [0.29, 0.717) is 11.4 Å². The summed E-state index contributed by atoms with van der Waals surface area (Å²) < 4.78 is 34.3. The van der Waals surface area contributed by atoms with Crippen molar-refractivity contribution < 1.29 is 23.1 Å². The maximum Gasteiger partial charge on any atom is 0.319 e. The van der Waals surface area contributed by atoms with Crippen molar-refractivity contribution in [1.82, 2.24) is 10.0 Å². The fourth-order valence-corrected chi connectivity index (χ4v) is 6.28. The molecule has 1 heterocycles. The predicted octanol–water partition coefficient (Wildman–Crippen LogP) is 5.42. The van der Waals surface area contributed by atoms with Crippen molar-refractivity contribution in [2.24, 2.45) is 0 Å². The molecule has 0 radical (unpaired) electrons. The van der Waals surface area contributed by atoms with E-state index in [2.05, 4.69) is 15.4 Å².